The second-order valence-electron chi connectivity index (χ2n) is 9.52. The number of hydrogen-bond donors (Lipinski definition) is 3. The minimum atomic E-state index is -0.484. The van der Waals surface area contributed by atoms with Crippen molar-refractivity contribution in [2.24, 2.45) is 11.6 Å². The van der Waals surface area contributed by atoms with Gasteiger partial charge in [-0.2, -0.15) is 0 Å². The molecule has 2 heterocycles. The van der Waals surface area contributed by atoms with E-state index in [-0.39, 0.29) is 12.0 Å². The van der Waals surface area contributed by atoms with E-state index in [1.54, 1.807) is 5.01 Å². The number of para-hydroxylation sites is 1. The van der Waals surface area contributed by atoms with Gasteiger partial charge in [-0.05, 0) is 62.6 Å². The lowest BCUT2D eigenvalue weighted by Crippen LogP contribution is -2.35. The number of piperidine rings is 1. The zero-order chi connectivity index (χ0) is 23.0. The number of rotatable bonds is 5. The normalized spacial score (nSPS) is 20.7. The van der Waals surface area contributed by atoms with Crippen molar-refractivity contribution in [1.82, 2.24) is 4.90 Å². The highest BCUT2D eigenvalue weighted by molar-refractivity contribution is 6.08. The number of nitrogens with two attached hydrogens (primary N) is 2. The minimum Gasteiger partial charge on any atom is -0.488 e. The molecule has 7 heteroatoms. The SMILES string of the molecule is CN1CCC(Oc2cc(/C(=C/N)N(N)c3ccccc3)cc3c2NC(=O)C32CCCC2)CC1. The van der Waals surface area contributed by atoms with Crippen LogP contribution < -0.4 is 26.6 Å². The van der Waals surface area contributed by atoms with Gasteiger partial charge in [0, 0.05) is 24.9 Å². The molecule has 1 spiro atoms. The van der Waals surface area contributed by atoms with Gasteiger partial charge in [-0.3, -0.25) is 9.80 Å². The third-order valence-corrected chi connectivity index (χ3v) is 7.45. The van der Waals surface area contributed by atoms with E-state index in [0.29, 0.717) is 5.70 Å². The summed E-state index contributed by atoms with van der Waals surface area (Å²) in [6, 6.07) is 13.8. The van der Waals surface area contributed by atoms with Crippen molar-refractivity contribution < 1.29 is 9.53 Å². The maximum Gasteiger partial charge on any atom is 0.235 e. The number of carbonyl (C=O) groups is 1. The molecule has 0 radical (unpaired) electrons. The van der Waals surface area contributed by atoms with E-state index in [1.165, 1.54) is 6.20 Å². The van der Waals surface area contributed by atoms with Gasteiger partial charge >= 0.3 is 0 Å². The molecule has 5 N–H and O–H groups in total. The molecular formula is C26H33N5O2. The van der Waals surface area contributed by atoms with Crippen molar-refractivity contribution in [1.29, 1.82) is 0 Å². The Balaban J connectivity index is 1.57. The van der Waals surface area contributed by atoms with Gasteiger partial charge in [-0.25, -0.2) is 5.84 Å². The van der Waals surface area contributed by atoms with Crippen LogP contribution in [-0.4, -0.2) is 37.0 Å². The number of hydrogen-bond acceptors (Lipinski definition) is 6. The zero-order valence-electron chi connectivity index (χ0n) is 19.2. The van der Waals surface area contributed by atoms with Gasteiger partial charge in [-0.15, -0.1) is 0 Å². The van der Waals surface area contributed by atoms with E-state index < -0.39 is 5.41 Å². The summed E-state index contributed by atoms with van der Waals surface area (Å²) < 4.78 is 6.55. The Morgan fingerprint density at radius 1 is 1.18 bits per heavy atom. The molecule has 7 nitrogen and oxygen atoms in total. The number of nitrogens with one attached hydrogen (secondary N) is 1. The van der Waals surface area contributed by atoms with Crippen LogP contribution in [0.1, 0.15) is 49.7 Å². The molecule has 1 saturated heterocycles. The molecule has 0 bridgehead atoms. The van der Waals surface area contributed by atoms with E-state index in [4.69, 9.17) is 16.3 Å². The van der Waals surface area contributed by atoms with Gasteiger partial charge in [0.15, 0.2) is 0 Å². The molecule has 0 unspecified atom stereocenters. The standard InChI is InChI=1S/C26H33N5O2/c1-30-13-9-20(10-14-30)33-23-16-18(22(17-27)31(28)19-7-3-2-4-8-19)15-21-24(23)29-25(32)26(21)11-5-6-12-26/h2-4,7-8,15-17,20H,5-6,9-14,27-28H2,1H3,(H,29,32)/b22-17-. The van der Waals surface area contributed by atoms with Gasteiger partial charge in [0.05, 0.1) is 22.5 Å². The van der Waals surface area contributed by atoms with Crippen molar-refractivity contribution in [3.63, 3.8) is 0 Å². The number of carbonyl (C=O) groups excluding carboxylic acids is 1. The number of amides is 1. The molecule has 2 aromatic carbocycles. The quantitative estimate of drug-likeness (QED) is 0.479. The molecule has 3 aliphatic rings. The van der Waals surface area contributed by atoms with Crippen LogP contribution in [0.3, 0.4) is 0 Å². The molecule has 0 atom stereocenters. The fourth-order valence-electron chi connectivity index (χ4n) is 5.52. The first-order valence-corrected chi connectivity index (χ1v) is 11.9. The monoisotopic (exact) mass is 447 g/mol. The Kier molecular flexibility index (Phi) is 5.76. The summed E-state index contributed by atoms with van der Waals surface area (Å²) >= 11 is 0. The molecule has 5 rings (SSSR count). The van der Waals surface area contributed by atoms with Crippen LogP contribution >= 0.6 is 0 Å². The summed E-state index contributed by atoms with van der Waals surface area (Å²) in [5.74, 6) is 7.31. The van der Waals surface area contributed by atoms with E-state index in [9.17, 15) is 4.79 Å². The minimum absolute atomic E-state index is 0.0892. The Hall–Kier alpha value is -3.03. The lowest BCUT2D eigenvalue weighted by atomic mass is 9.79. The maximum atomic E-state index is 13.2. The molecule has 2 aliphatic heterocycles. The van der Waals surface area contributed by atoms with Gasteiger partial charge in [0.2, 0.25) is 5.91 Å². The number of fused-ring (bicyclic) bond motifs is 2. The highest BCUT2D eigenvalue weighted by atomic mass is 16.5. The largest absolute Gasteiger partial charge is 0.488 e. The first kappa shape index (κ1) is 21.8. The molecule has 1 amide bonds. The fourth-order valence-corrected chi connectivity index (χ4v) is 5.52. The number of nitrogens with zero attached hydrogens (tertiary/aromatic N) is 2. The lowest BCUT2D eigenvalue weighted by molar-refractivity contribution is -0.120. The topological polar surface area (TPSA) is 96.8 Å². The fraction of sp³-hybridized carbons (Fsp3) is 0.423. The second kappa shape index (κ2) is 8.72. The Morgan fingerprint density at radius 3 is 2.55 bits per heavy atom. The Bertz CT molecular complexity index is 1050. The van der Waals surface area contributed by atoms with Crippen LogP contribution in [0.25, 0.3) is 5.70 Å². The van der Waals surface area contributed by atoms with Crippen LogP contribution in [0, 0.1) is 0 Å². The average molecular weight is 448 g/mol. The molecule has 174 valence electrons. The van der Waals surface area contributed by atoms with Gasteiger partial charge in [-0.1, -0.05) is 31.0 Å². The lowest BCUT2D eigenvalue weighted by Gasteiger charge is -2.30. The smallest absolute Gasteiger partial charge is 0.235 e. The third-order valence-electron chi connectivity index (χ3n) is 7.45. The van der Waals surface area contributed by atoms with E-state index >= 15 is 0 Å². The van der Waals surface area contributed by atoms with Crippen LogP contribution in [0.15, 0.2) is 48.7 Å². The van der Waals surface area contributed by atoms with Gasteiger partial charge in [0.25, 0.3) is 0 Å². The van der Waals surface area contributed by atoms with E-state index in [1.807, 2.05) is 36.4 Å². The van der Waals surface area contributed by atoms with Crippen molar-refractivity contribution >= 4 is 23.0 Å². The molecule has 1 aliphatic carbocycles. The summed E-state index contributed by atoms with van der Waals surface area (Å²) in [6.45, 7) is 2.00. The first-order valence-electron chi connectivity index (χ1n) is 11.9. The summed E-state index contributed by atoms with van der Waals surface area (Å²) in [4.78, 5) is 15.5. The van der Waals surface area contributed by atoms with E-state index in [0.717, 1.165) is 79.9 Å². The van der Waals surface area contributed by atoms with Crippen molar-refractivity contribution in [2.75, 3.05) is 30.5 Å². The molecular weight excluding hydrogens is 414 g/mol. The number of benzene rings is 2. The molecule has 2 aromatic rings. The Morgan fingerprint density at radius 2 is 1.88 bits per heavy atom. The van der Waals surface area contributed by atoms with Crippen molar-refractivity contribution in [2.45, 2.75) is 50.0 Å². The first-order chi connectivity index (χ1) is 16.0. The number of anilines is 2. The van der Waals surface area contributed by atoms with Crippen LogP contribution in [0.5, 0.6) is 5.75 Å². The van der Waals surface area contributed by atoms with Gasteiger partial charge in [0.1, 0.15) is 11.9 Å². The highest BCUT2D eigenvalue weighted by Crippen LogP contribution is 2.52. The van der Waals surface area contributed by atoms with Crippen LogP contribution in [-0.2, 0) is 10.2 Å². The summed E-state index contributed by atoms with van der Waals surface area (Å²) in [6.07, 6.45) is 7.38. The van der Waals surface area contributed by atoms with Crippen molar-refractivity contribution in [3.8, 4) is 5.75 Å². The van der Waals surface area contributed by atoms with Gasteiger partial charge < -0.3 is 20.7 Å². The molecule has 2 fully saturated rings. The van der Waals surface area contributed by atoms with Crippen LogP contribution in [0.4, 0.5) is 11.4 Å². The van der Waals surface area contributed by atoms with Crippen LogP contribution in [0.2, 0.25) is 0 Å². The second-order valence-corrected chi connectivity index (χ2v) is 9.52. The summed E-state index contributed by atoms with van der Waals surface area (Å²) in [5, 5.41) is 4.76. The zero-order valence-corrected chi connectivity index (χ0v) is 19.2. The maximum absolute atomic E-state index is 13.2. The molecule has 1 saturated carbocycles. The van der Waals surface area contributed by atoms with E-state index in [2.05, 4.69) is 23.3 Å². The molecule has 0 aromatic heterocycles. The summed E-state index contributed by atoms with van der Waals surface area (Å²) in [7, 11) is 2.14. The predicted molar refractivity (Wildman–Crippen MR) is 132 cm³/mol. The average Bonchev–Trinajstić information content (AvgIpc) is 3.43. The Labute approximate surface area is 195 Å². The number of hydrazine groups is 1. The number of likely N-dealkylation sites (tertiary alicyclic amines) is 1. The molecule has 33 heavy (non-hydrogen) atoms. The highest BCUT2D eigenvalue weighted by Gasteiger charge is 2.50. The number of ether oxygens (including phenoxy) is 1. The van der Waals surface area contributed by atoms with Crippen molar-refractivity contribution in [3.05, 3.63) is 59.8 Å². The summed E-state index contributed by atoms with van der Waals surface area (Å²) in [5.41, 5.74) is 9.81. The predicted octanol–water partition coefficient (Wildman–Crippen LogP) is 3.56. The third kappa shape index (κ3) is 3.85.